The van der Waals surface area contributed by atoms with Gasteiger partial charge in [0.1, 0.15) is 5.76 Å². The van der Waals surface area contributed by atoms with Crippen LogP contribution in [0.1, 0.15) is 21.9 Å². The molecule has 0 bridgehead atoms. The van der Waals surface area contributed by atoms with Gasteiger partial charge in [-0.15, -0.1) is 0 Å². The Balaban J connectivity index is 1.42. The van der Waals surface area contributed by atoms with Crippen molar-refractivity contribution >= 4 is 5.91 Å². The molecule has 2 aromatic heterocycles. The fraction of sp³-hybridized carbons (Fsp3) is 0.296. The summed E-state index contributed by atoms with van der Waals surface area (Å²) < 4.78 is 17.8. The van der Waals surface area contributed by atoms with Gasteiger partial charge in [-0.25, -0.2) is 4.68 Å². The molecular formula is C27H29N5O4. The predicted molar refractivity (Wildman–Crippen MR) is 135 cm³/mol. The van der Waals surface area contributed by atoms with E-state index < -0.39 is 0 Å². The molecular weight excluding hydrogens is 458 g/mol. The second-order valence-electron chi connectivity index (χ2n) is 8.74. The number of hydrogen-bond donors (Lipinski definition) is 0. The third kappa shape index (κ3) is 4.83. The monoisotopic (exact) mass is 487 g/mol. The molecule has 9 heteroatoms. The van der Waals surface area contributed by atoms with Crippen LogP contribution < -0.4 is 9.47 Å². The molecule has 2 aromatic carbocycles. The number of nitrogens with zero attached hydrogens (tertiary/aromatic N) is 5. The number of hydrogen-bond acceptors (Lipinski definition) is 7. The summed E-state index contributed by atoms with van der Waals surface area (Å²) in [4.78, 5) is 17.9. The Labute approximate surface area is 209 Å². The quantitative estimate of drug-likeness (QED) is 0.392. The van der Waals surface area contributed by atoms with E-state index in [2.05, 4.69) is 10.1 Å². The summed E-state index contributed by atoms with van der Waals surface area (Å²) in [6.45, 7) is 5.32. The van der Waals surface area contributed by atoms with E-state index >= 15 is 0 Å². The van der Waals surface area contributed by atoms with E-state index in [-0.39, 0.29) is 5.91 Å². The van der Waals surface area contributed by atoms with Gasteiger partial charge >= 0.3 is 0 Å². The molecule has 1 saturated heterocycles. The average molecular weight is 488 g/mol. The topological polar surface area (TPSA) is 85.9 Å². The third-order valence-electron chi connectivity index (χ3n) is 6.35. The fourth-order valence-electron chi connectivity index (χ4n) is 4.44. The molecule has 0 N–H and O–H groups in total. The van der Waals surface area contributed by atoms with Crippen LogP contribution in [0.5, 0.6) is 11.5 Å². The highest BCUT2D eigenvalue weighted by atomic mass is 16.5. The number of methoxy groups -OCH3 is 2. The minimum Gasteiger partial charge on any atom is -0.493 e. The van der Waals surface area contributed by atoms with Crippen molar-refractivity contribution in [2.24, 2.45) is 0 Å². The Kier molecular flexibility index (Phi) is 6.73. The van der Waals surface area contributed by atoms with Gasteiger partial charge in [-0.05, 0) is 36.8 Å². The first kappa shape index (κ1) is 23.6. The Morgan fingerprint density at radius 1 is 0.972 bits per heavy atom. The molecule has 0 unspecified atom stereocenters. The summed E-state index contributed by atoms with van der Waals surface area (Å²) in [6.07, 6.45) is 1.90. The molecule has 5 rings (SSSR count). The maximum absolute atomic E-state index is 13.7. The molecule has 0 atom stereocenters. The smallest absolute Gasteiger partial charge is 0.275 e. The summed E-state index contributed by atoms with van der Waals surface area (Å²) >= 11 is 0. The van der Waals surface area contributed by atoms with Gasteiger partial charge in [-0.1, -0.05) is 29.4 Å². The SMILES string of the molecule is COc1ccc(-c2cn(-c3ccccc3)nc2C(=O)N2CCN(Cc3cc(C)on3)CC2)cc1OC. The molecule has 0 radical (unpaired) electrons. The van der Waals surface area contributed by atoms with Gasteiger partial charge in [-0.2, -0.15) is 5.10 Å². The lowest BCUT2D eigenvalue weighted by molar-refractivity contribution is 0.0620. The number of piperazine rings is 1. The first-order valence-electron chi connectivity index (χ1n) is 11.9. The summed E-state index contributed by atoms with van der Waals surface area (Å²) in [5, 5.41) is 8.82. The Morgan fingerprint density at radius 2 is 1.72 bits per heavy atom. The van der Waals surface area contributed by atoms with Gasteiger partial charge in [0, 0.05) is 50.6 Å². The normalized spacial score (nSPS) is 14.1. The third-order valence-corrected chi connectivity index (χ3v) is 6.35. The number of para-hydroxylation sites is 1. The second kappa shape index (κ2) is 10.2. The van der Waals surface area contributed by atoms with Crippen LogP contribution in [0, 0.1) is 6.92 Å². The highest BCUT2D eigenvalue weighted by molar-refractivity contribution is 5.99. The zero-order valence-corrected chi connectivity index (χ0v) is 20.7. The molecule has 9 nitrogen and oxygen atoms in total. The van der Waals surface area contributed by atoms with E-state index in [1.54, 1.807) is 18.9 Å². The van der Waals surface area contributed by atoms with E-state index in [1.807, 2.05) is 72.6 Å². The molecule has 0 aliphatic carbocycles. The van der Waals surface area contributed by atoms with E-state index in [9.17, 15) is 4.79 Å². The van der Waals surface area contributed by atoms with Crippen molar-refractivity contribution in [1.29, 1.82) is 0 Å². The van der Waals surface area contributed by atoms with Crippen molar-refractivity contribution < 1.29 is 18.8 Å². The Bertz CT molecular complexity index is 1340. The van der Waals surface area contributed by atoms with E-state index in [0.717, 1.165) is 41.4 Å². The van der Waals surface area contributed by atoms with Crippen LogP contribution in [-0.4, -0.2) is 71.0 Å². The van der Waals surface area contributed by atoms with Crippen LogP contribution in [0.15, 0.2) is 65.3 Å². The molecule has 0 spiro atoms. The van der Waals surface area contributed by atoms with Gasteiger partial charge in [-0.3, -0.25) is 9.69 Å². The van der Waals surface area contributed by atoms with E-state index in [4.69, 9.17) is 19.1 Å². The van der Waals surface area contributed by atoms with Gasteiger partial charge < -0.3 is 18.9 Å². The van der Waals surface area contributed by atoms with Crippen molar-refractivity contribution in [3.63, 3.8) is 0 Å². The molecule has 4 aromatic rings. The zero-order chi connectivity index (χ0) is 25.1. The number of ether oxygens (including phenoxy) is 2. The van der Waals surface area contributed by atoms with Crippen LogP contribution in [0.3, 0.4) is 0 Å². The average Bonchev–Trinajstić information content (AvgIpc) is 3.55. The maximum Gasteiger partial charge on any atom is 0.275 e. The first-order valence-corrected chi connectivity index (χ1v) is 11.9. The van der Waals surface area contributed by atoms with Crippen molar-refractivity contribution in [1.82, 2.24) is 24.7 Å². The highest BCUT2D eigenvalue weighted by Crippen LogP contribution is 2.34. The lowest BCUT2D eigenvalue weighted by Gasteiger charge is -2.34. The number of carbonyl (C=O) groups excluding carboxylic acids is 1. The summed E-state index contributed by atoms with van der Waals surface area (Å²) in [6, 6.07) is 17.4. The lowest BCUT2D eigenvalue weighted by atomic mass is 10.0. The summed E-state index contributed by atoms with van der Waals surface area (Å²) in [5.41, 5.74) is 3.77. The molecule has 1 aliphatic heterocycles. The summed E-state index contributed by atoms with van der Waals surface area (Å²) in [7, 11) is 3.20. The van der Waals surface area contributed by atoms with Gasteiger partial charge in [0.25, 0.3) is 5.91 Å². The number of aromatic nitrogens is 3. The number of benzene rings is 2. The lowest BCUT2D eigenvalue weighted by Crippen LogP contribution is -2.48. The van der Waals surface area contributed by atoms with Crippen molar-refractivity contribution in [3.8, 4) is 28.3 Å². The molecule has 186 valence electrons. The van der Waals surface area contributed by atoms with Crippen molar-refractivity contribution in [2.75, 3.05) is 40.4 Å². The number of rotatable bonds is 7. The van der Waals surface area contributed by atoms with Crippen LogP contribution in [0.4, 0.5) is 0 Å². The molecule has 1 fully saturated rings. The number of amides is 1. The molecule has 0 saturated carbocycles. The van der Waals surface area contributed by atoms with Gasteiger partial charge in [0.2, 0.25) is 0 Å². The number of aryl methyl sites for hydroxylation is 1. The Hall–Kier alpha value is -4.11. The zero-order valence-electron chi connectivity index (χ0n) is 20.7. The highest BCUT2D eigenvalue weighted by Gasteiger charge is 2.28. The molecule has 3 heterocycles. The minimum atomic E-state index is -0.0913. The van der Waals surface area contributed by atoms with E-state index in [0.29, 0.717) is 36.8 Å². The number of carbonyl (C=O) groups is 1. The largest absolute Gasteiger partial charge is 0.493 e. The second-order valence-corrected chi connectivity index (χ2v) is 8.74. The van der Waals surface area contributed by atoms with Crippen molar-refractivity contribution in [2.45, 2.75) is 13.5 Å². The van der Waals surface area contributed by atoms with Crippen LogP contribution in [0.2, 0.25) is 0 Å². The van der Waals surface area contributed by atoms with Crippen LogP contribution >= 0.6 is 0 Å². The van der Waals surface area contributed by atoms with Crippen molar-refractivity contribution in [3.05, 3.63) is 77.9 Å². The minimum absolute atomic E-state index is 0.0913. The first-order chi connectivity index (χ1) is 17.6. The molecule has 36 heavy (non-hydrogen) atoms. The van der Waals surface area contributed by atoms with Crippen LogP contribution in [-0.2, 0) is 6.54 Å². The van der Waals surface area contributed by atoms with E-state index in [1.165, 1.54) is 0 Å². The fourth-order valence-corrected chi connectivity index (χ4v) is 4.44. The van der Waals surface area contributed by atoms with Gasteiger partial charge in [0.15, 0.2) is 17.2 Å². The maximum atomic E-state index is 13.7. The molecule has 1 amide bonds. The Morgan fingerprint density at radius 3 is 2.39 bits per heavy atom. The van der Waals surface area contributed by atoms with Crippen LogP contribution in [0.25, 0.3) is 16.8 Å². The summed E-state index contributed by atoms with van der Waals surface area (Å²) in [5.74, 6) is 1.93. The van der Waals surface area contributed by atoms with Gasteiger partial charge in [0.05, 0.1) is 25.6 Å². The molecule has 1 aliphatic rings. The standard InChI is InChI=1S/C27H29N5O4/c1-19-15-21(29-36-19)17-30-11-13-31(14-12-30)27(33)26-23(18-32(28-26)22-7-5-4-6-8-22)20-9-10-24(34-2)25(16-20)35-3/h4-10,15-16,18H,11-14,17H2,1-3H3. The predicted octanol–water partition coefficient (Wildman–Crippen LogP) is 3.81.